The molecule has 2 nitrogen and oxygen atoms in total. The van der Waals surface area contributed by atoms with Crippen molar-refractivity contribution in [3.05, 3.63) is 41.7 Å². The van der Waals surface area contributed by atoms with Gasteiger partial charge in [-0.25, -0.2) is 0 Å². The van der Waals surface area contributed by atoms with E-state index in [2.05, 4.69) is 4.98 Å². The lowest BCUT2D eigenvalue weighted by molar-refractivity contribution is 0.104. The molecule has 0 atom stereocenters. The lowest BCUT2D eigenvalue weighted by Gasteiger charge is -1.93. The lowest BCUT2D eigenvalue weighted by Crippen LogP contribution is -1.97. The number of pyridine rings is 1. The van der Waals surface area contributed by atoms with E-state index in [1.807, 2.05) is 13.8 Å². The third-order valence-corrected chi connectivity index (χ3v) is 1.34. The number of aromatic nitrogens is 1. The average molecular weight is 161 g/mol. The van der Waals surface area contributed by atoms with E-state index in [4.69, 9.17) is 0 Å². The van der Waals surface area contributed by atoms with E-state index in [0.717, 1.165) is 5.57 Å². The molecule has 0 aliphatic rings. The van der Waals surface area contributed by atoms with Gasteiger partial charge in [-0.3, -0.25) is 9.78 Å². The van der Waals surface area contributed by atoms with Crippen molar-refractivity contribution < 1.29 is 4.79 Å². The molecule has 12 heavy (non-hydrogen) atoms. The fraction of sp³-hybridized carbons (Fsp3) is 0.200. The molecule has 0 saturated carbocycles. The Morgan fingerprint density at radius 1 is 1.42 bits per heavy atom. The molecule has 0 N–H and O–H groups in total. The Morgan fingerprint density at radius 2 is 2.17 bits per heavy atom. The SMILES string of the molecule is CC(C)=CC(=O)c1ccccn1. The molecule has 1 rings (SSSR count). The Morgan fingerprint density at radius 3 is 2.67 bits per heavy atom. The van der Waals surface area contributed by atoms with Crippen LogP contribution in [0.5, 0.6) is 0 Å². The van der Waals surface area contributed by atoms with E-state index in [-0.39, 0.29) is 5.78 Å². The van der Waals surface area contributed by atoms with E-state index in [1.54, 1.807) is 30.5 Å². The normalized spacial score (nSPS) is 9.17. The minimum Gasteiger partial charge on any atom is -0.288 e. The lowest BCUT2D eigenvalue weighted by atomic mass is 10.2. The van der Waals surface area contributed by atoms with E-state index >= 15 is 0 Å². The molecule has 0 fully saturated rings. The minimum absolute atomic E-state index is 0.0319. The first-order chi connectivity index (χ1) is 5.70. The van der Waals surface area contributed by atoms with Crippen LogP contribution >= 0.6 is 0 Å². The maximum atomic E-state index is 11.3. The summed E-state index contributed by atoms with van der Waals surface area (Å²) in [5.74, 6) is -0.0319. The van der Waals surface area contributed by atoms with Crippen molar-refractivity contribution >= 4 is 5.78 Å². The molecule has 1 heterocycles. The number of hydrogen-bond acceptors (Lipinski definition) is 2. The van der Waals surface area contributed by atoms with Crippen molar-refractivity contribution in [2.75, 3.05) is 0 Å². The van der Waals surface area contributed by atoms with Gasteiger partial charge >= 0.3 is 0 Å². The Balaban J connectivity index is 2.87. The van der Waals surface area contributed by atoms with Crippen LogP contribution in [-0.4, -0.2) is 10.8 Å². The number of carbonyl (C=O) groups excluding carboxylic acids is 1. The smallest absolute Gasteiger partial charge is 0.204 e. The number of rotatable bonds is 2. The zero-order chi connectivity index (χ0) is 8.97. The van der Waals surface area contributed by atoms with Gasteiger partial charge in [0.1, 0.15) is 5.69 Å². The van der Waals surface area contributed by atoms with Crippen LogP contribution in [0.15, 0.2) is 36.0 Å². The second-order valence-corrected chi connectivity index (χ2v) is 2.80. The summed E-state index contributed by atoms with van der Waals surface area (Å²) < 4.78 is 0. The van der Waals surface area contributed by atoms with E-state index < -0.39 is 0 Å². The largest absolute Gasteiger partial charge is 0.288 e. The quantitative estimate of drug-likeness (QED) is 0.491. The fourth-order valence-corrected chi connectivity index (χ4v) is 0.845. The number of carbonyl (C=O) groups is 1. The topological polar surface area (TPSA) is 30.0 Å². The Labute approximate surface area is 71.9 Å². The predicted octanol–water partition coefficient (Wildman–Crippen LogP) is 2.23. The zero-order valence-corrected chi connectivity index (χ0v) is 7.24. The van der Waals surface area contributed by atoms with Crippen LogP contribution in [0, 0.1) is 0 Å². The van der Waals surface area contributed by atoms with Crippen LogP contribution in [-0.2, 0) is 0 Å². The number of hydrogen-bond donors (Lipinski definition) is 0. The molecular formula is C10H11NO. The molecule has 0 aromatic carbocycles. The van der Waals surface area contributed by atoms with Gasteiger partial charge in [-0.15, -0.1) is 0 Å². The van der Waals surface area contributed by atoms with Gasteiger partial charge in [0.2, 0.25) is 5.78 Å². The highest BCUT2D eigenvalue weighted by molar-refractivity contribution is 6.03. The molecule has 0 aliphatic carbocycles. The van der Waals surface area contributed by atoms with Crippen LogP contribution in [0.25, 0.3) is 0 Å². The summed E-state index contributed by atoms with van der Waals surface area (Å²) in [7, 11) is 0. The summed E-state index contributed by atoms with van der Waals surface area (Å²) in [6.07, 6.45) is 3.20. The van der Waals surface area contributed by atoms with Gasteiger partial charge in [0.25, 0.3) is 0 Å². The summed E-state index contributed by atoms with van der Waals surface area (Å²) in [4.78, 5) is 15.3. The van der Waals surface area contributed by atoms with Gasteiger partial charge in [-0.1, -0.05) is 11.6 Å². The second kappa shape index (κ2) is 3.81. The van der Waals surface area contributed by atoms with Crippen LogP contribution < -0.4 is 0 Å². The van der Waals surface area contributed by atoms with Crippen molar-refractivity contribution in [3.8, 4) is 0 Å². The van der Waals surface area contributed by atoms with Crippen LogP contribution in [0.2, 0.25) is 0 Å². The molecule has 62 valence electrons. The molecule has 2 heteroatoms. The zero-order valence-electron chi connectivity index (χ0n) is 7.24. The van der Waals surface area contributed by atoms with Gasteiger partial charge < -0.3 is 0 Å². The number of nitrogens with zero attached hydrogens (tertiary/aromatic N) is 1. The molecule has 1 aromatic heterocycles. The summed E-state index contributed by atoms with van der Waals surface area (Å²) >= 11 is 0. The number of allylic oxidation sites excluding steroid dienone is 2. The van der Waals surface area contributed by atoms with Gasteiger partial charge in [0.05, 0.1) is 0 Å². The molecule has 0 radical (unpaired) electrons. The Kier molecular flexibility index (Phi) is 2.75. The molecule has 0 aliphatic heterocycles. The van der Waals surface area contributed by atoms with Gasteiger partial charge in [0, 0.05) is 6.20 Å². The number of ketones is 1. The third-order valence-electron chi connectivity index (χ3n) is 1.34. The molecule has 0 bridgehead atoms. The van der Waals surface area contributed by atoms with Crippen molar-refractivity contribution in [2.24, 2.45) is 0 Å². The highest BCUT2D eigenvalue weighted by Crippen LogP contribution is 1.99. The standard InChI is InChI=1S/C10H11NO/c1-8(2)7-10(12)9-5-3-4-6-11-9/h3-7H,1-2H3. The molecule has 0 spiro atoms. The summed E-state index contributed by atoms with van der Waals surface area (Å²) in [5, 5.41) is 0. The van der Waals surface area contributed by atoms with Gasteiger partial charge in [-0.05, 0) is 32.1 Å². The molecular weight excluding hydrogens is 150 g/mol. The summed E-state index contributed by atoms with van der Waals surface area (Å²) in [6.45, 7) is 3.78. The fourth-order valence-electron chi connectivity index (χ4n) is 0.845. The summed E-state index contributed by atoms with van der Waals surface area (Å²) in [5.41, 5.74) is 1.49. The predicted molar refractivity (Wildman–Crippen MR) is 48.0 cm³/mol. The second-order valence-electron chi connectivity index (χ2n) is 2.80. The first-order valence-electron chi connectivity index (χ1n) is 3.80. The maximum Gasteiger partial charge on any atom is 0.204 e. The molecule has 0 amide bonds. The highest BCUT2D eigenvalue weighted by Gasteiger charge is 2.00. The van der Waals surface area contributed by atoms with Crippen molar-refractivity contribution in [3.63, 3.8) is 0 Å². The maximum absolute atomic E-state index is 11.3. The van der Waals surface area contributed by atoms with E-state index in [1.165, 1.54) is 0 Å². The molecule has 0 saturated heterocycles. The van der Waals surface area contributed by atoms with E-state index in [0.29, 0.717) is 5.69 Å². The van der Waals surface area contributed by atoms with Gasteiger partial charge in [0.15, 0.2) is 0 Å². The monoisotopic (exact) mass is 161 g/mol. The van der Waals surface area contributed by atoms with Crippen LogP contribution in [0.1, 0.15) is 24.3 Å². The highest BCUT2D eigenvalue weighted by atomic mass is 16.1. The molecule has 0 unspecified atom stereocenters. The van der Waals surface area contributed by atoms with Gasteiger partial charge in [-0.2, -0.15) is 0 Å². The van der Waals surface area contributed by atoms with Crippen LogP contribution in [0.3, 0.4) is 0 Å². The van der Waals surface area contributed by atoms with Crippen molar-refractivity contribution in [1.29, 1.82) is 0 Å². The first kappa shape index (κ1) is 8.65. The van der Waals surface area contributed by atoms with Crippen molar-refractivity contribution in [1.82, 2.24) is 4.98 Å². The average Bonchev–Trinajstić information content (AvgIpc) is 2.05. The van der Waals surface area contributed by atoms with Crippen molar-refractivity contribution in [2.45, 2.75) is 13.8 Å². The minimum atomic E-state index is -0.0319. The Hall–Kier alpha value is -1.44. The third kappa shape index (κ3) is 2.31. The van der Waals surface area contributed by atoms with Crippen LogP contribution in [0.4, 0.5) is 0 Å². The summed E-state index contributed by atoms with van der Waals surface area (Å²) in [6, 6.07) is 5.31. The molecule has 1 aromatic rings. The Bertz CT molecular complexity index is 297. The first-order valence-corrected chi connectivity index (χ1v) is 3.80. The van der Waals surface area contributed by atoms with E-state index in [9.17, 15) is 4.79 Å².